The molecule has 0 aliphatic heterocycles. The molecule has 2 aromatic heterocycles. The molecule has 0 saturated carbocycles. The van der Waals surface area contributed by atoms with Crippen molar-refractivity contribution in [3.8, 4) is 0 Å². The first-order valence-electron chi connectivity index (χ1n) is 4.07. The fourth-order valence-corrected chi connectivity index (χ4v) is 2.27. The SMILES string of the molecule is O=C(Nc1cncnc1)c1ccsc1Br. The Morgan fingerprint density at radius 2 is 2.13 bits per heavy atom. The summed E-state index contributed by atoms with van der Waals surface area (Å²) in [7, 11) is 0. The molecule has 0 atom stereocenters. The number of carbonyl (C=O) groups excluding carboxylic acids is 1. The number of hydrogen-bond acceptors (Lipinski definition) is 4. The topological polar surface area (TPSA) is 54.9 Å². The molecule has 2 rings (SSSR count). The Morgan fingerprint density at radius 1 is 1.40 bits per heavy atom. The van der Waals surface area contributed by atoms with Gasteiger partial charge in [0.2, 0.25) is 0 Å². The summed E-state index contributed by atoms with van der Waals surface area (Å²) in [5, 5.41) is 4.55. The van der Waals surface area contributed by atoms with E-state index in [1.54, 1.807) is 18.5 Å². The van der Waals surface area contributed by atoms with Gasteiger partial charge >= 0.3 is 0 Å². The average Bonchev–Trinajstić information content (AvgIpc) is 2.66. The number of nitrogens with zero attached hydrogens (tertiary/aromatic N) is 2. The zero-order chi connectivity index (χ0) is 10.7. The standard InChI is InChI=1S/C9H6BrN3OS/c10-8-7(1-2-15-8)9(14)13-6-3-11-5-12-4-6/h1-5H,(H,13,14). The van der Waals surface area contributed by atoms with Gasteiger partial charge in [-0.05, 0) is 27.4 Å². The first kappa shape index (κ1) is 10.3. The van der Waals surface area contributed by atoms with Gasteiger partial charge in [0.15, 0.2) is 0 Å². The third-order valence-electron chi connectivity index (χ3n) is 1.68. The number of carbonyl (C=O) groups is 1. The third kappa shape index (κ3) is 2.40. The molecule has 1 N–H and O–H groups in total. The molecule has 0 aliphatic rings. The van der Waals surface area contributed by atoms with Gasteiger partial charge in [-0.2, -0.15) is 0 Å². The van der Waals surface area contributed by atoms with Crippen molar-refractivity contribution in [3.63, 3.8) is 0 Å². The van der Waals surface area contributed by atoms with E-state index in [0.29, 0.717) is 11.3 Å². The zero-order valence-corrected chi connectivity index (χ0v) is 9.88. The summed E-state index contributed by atoms with van der Waals surface area (Å²) in [6.07, 6.45) is 4.51. The minimum Gasteiger partial charge on any atom is -0.319 e. The molecule has 0 bridgehead atoms. The van der Waals surface area contributed by atoms with Crippen LogP contribution in [0, 0.1) is 0 Å². The molecule has 15 heavy (non-hydrogen) atoms. The highest BCUT2D eigenvalue weighted by Gasteiger charge is 2.10. The molecule has 2 heterocycles. The van der Waals surface area contributed by atoms with Crippen LogP contribution in [0.3, 0.4) is 0 Å². The smallest absolute Gasteiger partial charge is 0.257 e. The monoisotopic (exact) mass is 283 g/mol. The second kappa shape index (κ2) is 4.50. The number of amides is 1. The van der Waals surface area contributed by atoms with Gasteiger partial charge in [-0.25, -0.2) is 9.97 Å². The van der Waals surface area contributed by atoms with Crippen molar-refractivity contribution in [3.05, 3.63) is 39.5 Å². The van der Waals surface area contributed by atoms with Gasteiger partial charge in [0.1, 0.15) is 6.33 Å². The lowest BCUT2D eigenvalue weighted by Crippen LogP contribution is -2.11. The van der Waals surface area contributed by atoms with Crippen LogP contribution in [-0.2, 0) is 0 Å². The van der Waals surface area contributed by atoms with E-state index >= 15 is 0 Å². The van der Waals surface area contributed by atoms with Crippen LogP contribution in [0.4, 0.5) is 5.69 Å². The summed E-state index contributed by atoms with van der Waals surface area (Å²) >= 11 is 4.77. The Bertz CT molecular complexity index is 471. The van der Waals surface area contributed by atoms with Crippen molar-refractivity contribution < 1.29 is 4.79 Å². The van der Waals surface area contributed by atoms with Crippen LogP contribution in [0.15, 0.2) is 34.0 Å². The second-order valence-electron chi connectivity index (χ2n) is 2.69. The van der Waals surface area contributed by atoms with Gasteiger partial charge in [0, 0.05) is 0 Å². The zero-order valence-electron chi connectivity index (χ0n) is 7.48. The molecule has 76 valence electrons. The maximum absolute atomic E-state index is 11.7. The molecular formula is C9H6BrN3OS. The molecule has 0 spiro atoms. The summed E-state index contributed by atoms with van der Waals surface area (Å²) in [6, 6.07) is 1.76. The highest BCUT2D eigenvalue weighted by Crippen LogP contribution is 2.23. The Hall–Kier alpha value is -1.27. The summed E-state index contributed by atoms with van der Waals surface area (Å²) in [5.74, 6) is -0.169. The molecular weight excluding hydrogens is 278 g/mol. The van der Waals surface area contributed by atoms with Crippen LogP contribution >= 0.6 is 27.3 Å². The fourth-order valence-electron chi connectivity index (χ4n) is 1.02. The number of aromatic nitrogens is 2. The van der Waals surface area contributed by atoms with Crippen LogP contribution in [0.2, 0.25) is 0 Å². The number of nitrogens with one attached hydrogen (secondary N) is 1. The van der Waals surface area contributed by atoms with E-state index in [4.69, 9.17) is 0 Å². The van der Waals surface area contributed by atoms with E-state index in [1.165, 1.54) is 17.7 Å². The van der Waals surface area contributed by atoms with Crippen molar-refractivity contribution in [1.29, 1.82) is 0 Å². The normalized spacial score (nSPS) is 9.93. The van der Waals surface area contributed by atoms with E-state index in [0.717, 1.165) is 3.79 Å². The van der Waals surface area contributed by atoms with Crippen LogP contribution in [0.1, 0.15) is 10.4 Å². The minimum atomic E-state index is -0.169. The molecule has 0 radical (unpaired) electrons. The number of thiophene rings is 1. The molecule has 0 unspecified atom stereocenters. The van der Waals surface area contributed by atoms with Gasteiger partial charge in [0.05, 0.1) is 27.4 Å². The summed E-state index contributed by atoms with van der Waals surface area (Å²) in [4.78, 5) is 19.3. The molecule has 2 aromatic rings. The van der Waals surface area contributed by atoms with Crippen LogP contribution in [0.5, 0.6) is 0 Å². The maximum atomic E-state index is 11.7. The molecule has 0 aliphatic carbocycles. The minimum absolute atomic E-state index is 0.169. The number of rotatable bonds is 2. The Kier molecular flexibility index (Phi) is 3.08. The van der Waals surface area contributed by atoms with Gasteiger partial charge < -0.3 is 5.32 Å². The number of halogens is 1. The molecule has 4 nitrogen and oxygen atoms in total. The molecule has 6 heteroatoms. The van der Waals surface area contributed by atoms with E-state index in [1.807, 2.05) is 5.38 Å². The number of anilines is 1. The van der Waals surface area contributed by atoms with Gasteiger partial charge in [0.25, 0.3) is 5.91 Å². The van der Waals surface area contributed by atoms with Crippen LogP contribution in [-0.4, -0.2) is 15.9 Å². The van der Waals surface area contributed by atoms with E-state index in [-0.39, 0.29) is 5.91 Å². The van der Waals surface area contributed by atoms with Gasteiger partial charge in [-0.3, -0.25) is 4.79 Å². The van der Waals surface area contributed by atoms with Crippen molar-refractivity contribution in [1.82, 2.24) is 9.97 Å². The molecule has 1 amide bonds. The molecule has 0 saturated heterocycles. The lowest BCUT2D eigenvalue weighted by Gasteiger charge is -2.02. The van der Waals surface area contributed by atoms with Crippen molar-refractivity contribution in [2.75, 3.05) is 5.32 Å². The van der Waals surface area contributed by atoms with E-state index < -0.39 is 0 Å². The van der Waals surface area contributed by atoms with Crippen molar-refractivity contribution in [2.24, 2.45) is 0 Å². The lowest BCUT2D eigenvalue weighted by molar-refractivity contribution is 0.102. The average molecular weight is 284 g/mol. The predicted molar refractivity (Wildman–Crippen MR) is 62.0 cm³/mol. The summed E-state index contributed by atoms with van der Waals surface area (Å²) in [5.41, 5.74) is 1.20. The van der Waals surface area contributed by atoms with Crippen LogP contribution in [0.25, 0.3) is 0 Å². The Labute approximate surface area is 98.5 Å². The highest BCUT2D eigenvalue weighted by atomic mass is 79.9. The highest BCUT2D eigenvalue weighted by molar-refractivity contribution is 9.11. The van der Waals surface area contributed by atoms with Gasteiger partial charge in [-0.1, -0.05) is 0 Å². The fraction of sp³-hybridized carbons (Fsp3) is 0. The summed E-state index contributed by atoms with van der Waals surface area (Å²) < 4.78 is 0.817. The maximum Gasteiger partial charge on any atom is 0.257 e. The van der Waals surface area contributed by atoms with Crippen molar-refractivity contribution in [2.45, 2.75) is 0 Å². The van der Waals surface area contributed by atoms with Crippen molar-refractivity contribution >= 4 is 38.9 Å². The summed E-state index contributed by atoms with van der Waals surface area (Å²) in [6.45, 7) is 0. The first-order chi connectivity index (χ1) is 7.27. The molecule has 0 aromatic carbocycles. The van der Waals surface area contributed by atoms with Crippen LogP contribution < -0.4 is 5.32 Å². The Balaban J connectivity index is 2.15. The Morgan fingerprint density at radius 3 is 2.73 bits per heavy atom. The lowest BCUT2D eigenvalue weighted by atomic mass is 10.3. The van der Waals surface area contributed by atoms with Gasteiger partial charge in [-0.15, -0.1) is 11.3 Å². The quantitative estimate of drug-likeness (QED) is 0.922. The van der Waals surface area contributed by atoms with E-state index in [9.17, 15) is 4.79 Å². The second-order valence-corrected chi connectivity index (χ2v) is 4.92. The predicted octanol–water partition coefficient (Wildman–Crippen LogP) is 2.55. The number of hydrogen-bond donors (Lipinski definition) is 1. The third-order valence-corrected chi connectivity index (χ3v) is 3.37. The largest absolute Gasteiger partial charge is 0.319 e. The molecule has 0 fully saturated rings. The first-order valence-corrected chi connectivity index (χ1v) is 5.74. The van der Waals surface area contributed by atoms with E-state index in [2.05, 4.69) is 31.2 Å².